The van der Waals surface area contributed by atoms with E-state index in [1.165, 1.54) is 12.8 Å². The zero-order chi connectivity index (χ0) is 13.0. The number of rotatable bonds is 1. The van der Waals surface area contributed by atoms with Crippen molar-refractivity contribution >= 4 is 0 Å². The summed E-state index contributed by atoms with van der Waals surface area (Å²) in [5.74, 6) is 0.884. The van der Waals surface area contributed by atoms with Gasteiger partial charge >= 0.3 is 0 Å². The molecule has 0 aromatic rings. The van der Waals surface area contributed by atoms with E-state index in [0.717, 1.165) is 5.92 Å². The van der Waals surface area contributed by atoms with Crippen LogP contribution >= 0.6 is 0 Å². The second-order valence-corrected chi connectivity index (χ2v) is 2.51. The average Bonchev–Trinajstić information content (AvgIpc) is 2.27. The molecule has 0 saturated carbocycles. The molecule has 0 radical (unpaired) electrons. The fourth-order valence-electron chi connectivity index (χ4n) is 0. The van der Waals surface area contributed by atoms with Gasteiger partial charge in [-0.15, -0.1) is 0 Å². The van der Waals surface area contributed by atoms with Gasteiger partial charge in [-0.25, -0.2) is 0 Å². The van der Waals surface area contributed by atoms with Gasteiger partial charge in [-0.05, 0) is 5.92 Å². The predicted molar refractivity (Wildman–Crippen MR) is 81.9 cm³/mol. The molecule has 0 heteroatoms. The first kappa shape index (κ1) is 36.3. The van der Waals surface area contributed by atoms with Crippen LogP contribution in [0.15, 0.2) is 0 Å². The summed E-state index contributed by atoms with van der Waals surface area (Å²) < 4.78 is 0. The highest BCUT2D eigenvalue weighted by Gasteiger charge is 1.80. The first-order valence-electron chi connectivity index (χ1n) is 6.68. The summed E-state index contributed by atoms with van der Waals surface area (Å²) in [6, 6.07) is 0. The Morgan fingerprint density at radius 2 is 0.733 bits per heavy atom. The van der Waals surface area contributed by atoms with Crippen molar-refractivity contribution in [2.75, 3.05) is 0 Å². The van der Waals surface area contributed by atoms with Gasteiger partial charge in [0.15, 0.2) is 0 Å². The van der Waals surface area contributed by atoms with Crippen molar-refractivity contribution in [3.8, 4) is 0 Å². The summed E-state index contributed by atoms with van der Waals surface area (Å²) in [6.45, 7) is 22.9. The van der Waals surface area contributed by atoms with E-state index in [9.17, 15) is 0 Å². The van der Waals surface area contributed by atoms with E-state index < -0.39 is 0 Å². The normalized spacial score (nSPS) is 5.60. The van der Waals surface area contributed by atoms with Gasteiger partial charge < -0.3 is 0 Å². The van der Waals surface area contributed by atoms with Gasteiger partial charge in [0.2, 0.25) is 0 Å². The summed E-state index contributed by atoms with van der Waals surface area (Å²) >= 11 is 0. The van der Waals surface area contributed by atoms with Gasteiger partial charge in [0.05, 0.1) is 0 Å². The average molecular weight is 223 g/mol. The van der Waals surface area contributed by atoms with E-state index in [1.807, 2.05) is 41.5 Å². The Kier molecular flexibility index (Phi) is 229. The zero-order valence-corrected chi connectivity index (χ0v) is 13.0. The largest absolute Gasteiger partial charge is 0.0776 e. The molecule has 0 aromatic carbocycles. The molecule has 0 aliphatic heterocycles. The summed E-state index contributed by atoms with van der Waals surface area (Å²) in [5.41, 5.74) is 0. The van der Waals surface area contributed by atoms with Crippen molar-refractivity contribution in [3.05, 3.63) is 0 Å². The second-order valence-electron chi connectivity index (χ2n) is 2.51. The van der Waals surface area contributed by atoms with Crippen molar-refractivity contribution in [3.63, 3.8) is 0 Å². The topological polar surface area (TPSA) is 0 Å². The molecule has 0 unspecified atom stereocenters. The van der Waals surface area contributed by atoms with Crippen LogP contribution in [0, 0.1) is 5.92 Å². The lowest BCUT2D eigenvalue weighted by molar-refractivity contribution is 0.626. The highest BCUT2D eigenvalue weighted by atomic mass is 13.9. The third kappa shape index (κ3) is 504. The standard InChI is InChI=1S/C5H12.C3H8.3C2H6.CH4/c1-4-5(2)3;1-3-2;3*1-2;/h5H,4H2,1-3H3;3H2,1-2H3;3*1-2H3;1H4. The molecule has 102 valence electrons. The smallest absolute Gasteiger partial charge is 0.0474 e. The van der Waals surface area contributed by atoms with Crippen LogP contribution in [0.3, 0.4) is 0 Å². The predicted octanol–water partition coefficient (Wildman–Crippen LogP) is 7.18. The molecule has 0 N–H and O–H groups in total. The molecule has 0 bridgehead atoms. The molecular weight excluding hydrogens is 180 g/mol. The van der Waals surface area contributed by atoms with Crippen LogP contribution in [0.5, 0.6) is 0 Å². The lowest BCUT2D eigenvalue weighted by atomic mass is 10.2. The van der Waals surface area contributed by atoms with E-state index in [4.69, 9.17) is 0 Å². The maximum Gasteiger partial charge on any atom is -0.0474 e. The molecule has 0 heterocycles. The minimum Gasteiger partial charge on any atom is -0.0776 e. The summed E-state index contributed by atoms with van der Waals surface area (Å²) in [5, 5.41) is 0. The van der Waals surface area contributed by atoms with Crippen molar-refractivity contribution in [1.82, 2.24) is 0 Å². The van der Waals surface area contributed by atoms with Crippen LogP contribution in [0.4, 0.5) is 0 Å². The minimum atomic E-state index is 0. The number of hydrogen-bond donors (Lipinski definition) is 0. The minimum absolute atomic E-state index is 0. The molecule has 0 aliphatic rings. The van der Waals surface area contributed by atoms with E-state index in [0.29, 0.717) is 0 Å². The molecule has 0 aliphatic carbocycles. The Morgan fingerprint density at radius 1 is 0.667 bits per heavy atom. The third-order valence-electron chi connectivity index (χ3n) is 0.816. The first-order chi connectivity index (χ1) is 6.68. The Hall–Kier alpha value is 0. The van der Waals surface area contributed by atoms with Gasteiger partial charge in [0.1, 0.15) is 0 Å². The SMILES string of the molecule is C.CC.CC.CC.CCC.CCC(C)C. The molecule has 0 nitrogen and oxygen atoms in total. The van der Waals surface area contributed by atoms with Crippen LogP contribution in [-0.2, 0) is 0 Å². The van der Waals surface area contributed by atoms with Gasteiger partial charge in [0, 0.05) is 0 Å². The highest BCUT2D eigenvalue weighted by molar-refractivity contribution is 4.32. The third-order valence-corrected chi connectivity index (χ3v) is 0.816. The maximum atomic E-state index is 2.22. The van der Waals surface area contributed by atoms with E-state index in [2.05, 4.69) is 34.6 Å². The van der Waals surface area contributed by atoms with Crippen LogP contribution < -0.4 is 0 Å². The van der Waals surface area contributed by atoms with E-state index in [1.54, 1.807) is 0 Å². The lowest BCUT2D eigenvalue weighted by Gasteiger charge is -1.90. The van der Waals surface area contributed by atoms with Gasteiger partial charge in [-0.3, -0.25) is 0 Å². The Balaban J connectivity index is -0.0000000179. The van der Waals surface area contributed by atoms with Crippen LogP contribution in [-0.4, -0.2) is 0 Å². The summed E-state index contributed by atoms with van der Waals surface area (Å²) in [7, 11) is 0. The second kappa shape index (κ2) is 94.6. The fraction of sp³-hybridized carbons (Fsp3) is 1.00. The maximum absolute atomic E-state index is 2.22. The zero-order valence-electron chi connectivity index (χ0n) is 13.0. The fourth-order valence-corrected chi connectivity index (χ4v) is 0. The van der Waals surface area contributed by atoms with Crippen molar-refractivity contribution in [2.45, 2.75) is 96.4 Å². The van der Waals surface area contributed by atoms with Crippen molar-refractivity contribution in [2.24, 2.45) is 5.92 Å². The van der Waals surface area contributed by atoms with Crippen molar-refractivity contribution in [1.29, 1.82) is 0 Å². The summed E-state index contributed by atoms with van der Waals surface area (Å²) in [4.78, 5) is 0. The van der Waals surface area contributed by atoms with Crippen LogP contribution in [0.1, 0.15) is 96.4 Å². The number of hydrogen-bond acceptors (Lipinski definition) is 0. The van der Waals surface area contributed by atoms with Crippen LogP contribution in [0.25, 0.3) is 0 Å². The molecule has 15 heavy (non-hydrogen) atoms. The summed E-state index contributed by atoms with van der Waals surface area (Å²) in [6.07, 6.45) is 2.56. The first-order valence-corrected chi connectivity index (χ1v) is 6.68. The Bertz CT molecular complexity index is 21.2. The molecule has 0 atom stereocenters. The molecule has 0 rings (SSSR count). The van der Waals surface area contributed by atoms with Crippen LogP contribution in [0.2, 0.25) is 0 Å². The molecular formula is C15H42. The quantitative estimate of drug-likeness (QED) is 0.440. The van der Waals surface area contributed by atoms with E-state index in [-0.39, 0.29) is 7.43 Å². The molecule has 0 aromatic heterocycles. The molecule has 0 amide bonds. The van der Waals surface area contributed by atoms with Gasteiger partial charge in [-0.1, -0.05) is 96.4 Å². The molecule has 0 spiro atoms. The monoisotopic (exact) mass is 222 g/mol. The van der Waals surface area contributed by atoms with Gasteiger partial charge in [0.25, 0.3) is 0 Å². The highest BCUT2D eigenvalue weighted by Crippen LogP contribution is 1.93. The Labute approximate surface area is 103 Å². The molecule has 0 fully saturated rings. The lowest BCUT2D eigenvalue weighted by Crippen LogP contribution is -1.77. The van der Waals surface area contributed by atoms with E-state index >= 15 is 0 Å². The van der Waals surface area contributed by atoms with Gasteiger partial charge in [-0.2, -0.15) is 0 Å². The van der Waals surface area contributed by atoms with Crippen molar-refractivity contribution < 1.29 is 0 Å². The molecule has 0 saturated heterocycles. The Morgan fingerprint density at radius 3 is 0.733 bits per heavy atom.